The van der Waals surface area contributed by atoms with E-state index in [0.29, 0.717) is 30.2 Å². The Morgan fingerprint density at radius 3 is 2.29 bits per heavy atom. The maximum atomic E-state index is 13.8. The lowest BCUT2D eigenvalue weighted by Crippen LogP contribution is -2.68. The molecule has 0 radical (unpaired) electrons. The third-order valence-corrected chi connectivity index (χ3v) is 6.22. The number of nitrogens with zero attached hydrogens (tertiary/aromatic N) is 2. The summed E-state index contributed by atoms with van der Waals surface area (Å²) in [4.78, 5) is 50.4. The predicted octanol–water partition coefficient (Wildman–Crippen LogP) is 1.59. The molecule has 3 atom stereocenters. The van der Waals surface area contributed by atoms with Crippen LogP contribution in [-0.4, -0.2) is 58.0 Å². The van der Waals surface area contributed by atoms with Crippen LogP contribution in [0.15, 0.2) is 0 Å². The average molecular weight is 397 g/mol. The van der Waals surface area contributed by atoms with E-state index in [2.05, 4.69) is 0 Å². The summed E-state index contributed by atoms with van der Waals surface area (Å²) in [6, 6.07) is -0.895. The van der Waals surface area contributed by atoms with Crippen LogP contribution in [0, 0.1) is 17.3 Å². The number of hydrogen-bond donors (Lipinski definition) is 2. The monoisotopic (exact) mass is 396 g/mol. The molecule has 1 aliphatic heterocycles. The first-order valence-corrected chi connectivity index (χ1v) is 10.2. The molecule has 0 bridgehead atoms. The van der Waals surface area contributed by atoms with Crippen LogP contribution in [0.1, 0.15) is 65.7 Å². The van der Waals surface area contributed by atoms with Crippen molar-refractivity contribution in [1.82, 2.24) is 5.06 Å². The quantitative estimate of drug-likeness (QED) is 0.293. The third kappa shape index (κ3) is 4.43. The van der Waals surface area contributed by atoms with Crippen LogP contribution < -0.4 is 5.73 Å². The normalized spacial score (nSPS) is 26.8. The van der Waals surface area contributed by atoms with E-state index in [1.165, 1.54) is 0 Å². The minimum Gasteiger partial charge on any atom is -0.364 e. The fraction of sp³-hybridized carbons (Fsp3) is 0.800. The summed E-state index contributed by atoms with van der Waals surface area (Å²) >= 11 is 0. The largest absolute Gasteiger partial charge is 0.364 e. The van der Waals surface area contributed by atoms with Gasteiger partial charge in [-0.2, -0.15) is 4.48 Å². The van der Waals surface area contributed by atoms with Crippen molar-refractivity contribution in [2.45, 2.75) is 71.8 Å². The van der Waals surface area contributed by atoms with Crippen LogP contribution in [-0.2, 0) is 19.2 Å². The lowest BCUT2D eigenvalue weighted by Gasteiger charge is -2.40. The lowest BCUT2D eigenvalue weighted by molar-refractivity contribution is -0.787. The molecule has 158 valence electrons. The first-order chi connectivity index (χ1) is 13.0. The minimum absolute atomic E-state index is 0.179. The van der Waals surface area contributed by atoms with Crippen molar-refractivity contribution in [3.05, 3.63) is 0 Å². The highest BCUT2D eigenvalue weighted by molar-refractivity contribution is 5.93. The van der Waals surface area contributed by atoms with Crippen LogP contribution in [0.2, 0.25) is 0 Å². The fourth-order valence-electron chi connectivity index (χ4n) is 4.97. The first-order valence-electron chi connectivity index (χ1n) is 10.2. The van der Waals surface area contributed by atoms with Gasteiger partial charge in [0.05, 0.1) is 24.4 Å². The Kier molecular flexibility index (Phi) is 6.98. The van der Waals surface area contributed by atoms with Gasteiger partial charge in [-0.3, -0.25) is 14.8 Å². The first kappa shape index (κ1) is 22.5. The van der Waals surface area contributed by atoms with Gasteiger partial charge in [-0.1, -0.05) is 25.7 Å². The van der Waals surface area contributed by atoms with Crippen molar-refractivity contribution >= 4 is 24.1 Å². The Hall–Kier alpha value is -1.80. The van der Waals surface area contributed by atoms with Crippen molar-refractivity contribution in [1.29, 1.82) is 0 Å². The molecule has 8 heteroatoms. The van der Waals surface area contributed by atoms with E-state index >= 15 is 0 Å². The van der Waals surface area contributed by atoms with Gasteiger partial charge in [-0.25, -0.2) is 14.7 Å². The van der Waals surface area contributed by atoms with Crippen molar-refractivity contribution in [3.8, 4) is 0 Å². The number of likely N-dealkylation sites (tertiary alicyclic amines) is 1. The molecule has 0 spiro atoms. The highest BCUT2D eigenvalue weighted by atomic mass is 16.5. The van der Waals surface area contributed by atoms with Gasteiger partial charge >= 0.3 is 11.8 Å². The zero-order chi connectivity index (χ0) is 21.1. The molecule has 4 amide bonds. The van der Waals surface area contributed by atoms with E-state index in [0.717, 1.165) is 25.7 Å². The number of amides is 4. The molecule has 2 aliphatic rings. The molecule has 2 fully saturated rings. The predicted molar refractivity (Wildman–Crippen MR) is 101 cm³/mol. The second-order valence-corrected chi connectivity index (χ2v) is 9.36. The number of carbonyl (C=O) groups is 4. The molecule has 1 saturated heterocycles. The summed E-state index contributed by atoms with van der Waals surface area (Å²) in [5.41, 5.74) is 4.77. The Balaban J connectivity index is 2.45. The number of imide groups is 1. The molecule has 28 heavy (non-hydrogen) atoms. The second kappa shape index (κ2) is 8.69. The Labute approximate surface area is 166 Å². The molecule has 1 unspecified atom stereocenters. The van der Waals surface area contributed by atoms with E-state index in [1.807, 2.05) is 0 Å². The maximum absolute atomic E-state index is 13.8. The summed E-state index contributed by atoms with van der Waals surface area (Å²) in [6.07, 6.45) is 5.85. The molecule has 0 aromatic rings. The zero-order valence-electron chi connectivity index (χ0n) is 17.2. The lowest BCUT2D eigenvalue weighted by atomic mass is 9.87. The summed E-state index contributed by atoms with van der Waals surface area (Å²) < 4.78 is -0.594. The number of rotatable bonds is 7. The zero-order valence-corrected chi connectivity index (χ0v) is 17.2. The number of nitrogens with two attached hydrogens (primary N) is 1. The molecule has 1 heterocycles. The van der Waals surface area contributed by atoms with E-state index < -0.39 is 33.7 Å². The fourth-order valence-corrected chi connectivity index (χ4v) is 4.97. The molecule has 1 saturated carbocycles. The van der Waals surface area contributed by atoms with E-state index in [4.69, 9.17) is 5.73 Å². The Bertz CT molecular complexity index is 624. The van der Waals surface area contributed by atoms with Crippen molar-refractivity contribution in [2.24, 2.45) is 23.0 Å². The molecule has 0 aromatic heterocycles. The second-order valence-electron chi connectivity index (χ2n) is 9.36. The van der Waals surface area contributed by atoms with Gasteiger partial charge in [-0.05, 0) is 33.1 Å². The SMILES string of the molecule is CC(C)(C)C(=O)[N+]1(C(=O)[C@H](CC2CCCC2)CN(O)C=O)CCC[C@H]1C(N)=O. The van der Waals surface area contributed by atoms with Crippen LogP contribution in [0.25, 0.3) is 0 Å². The summed E-state index contributed by atoms with van der Waals surface area (Å²) in [5, 5.41) is 10.2. The Morgan fingerprint density at radius 1 is 1.18 bits per heavy atom. The van der Waals surface area contributed by atoms with Crippen molar-refractivity contribution < 1.29 is 28.9 Å². The number of primary amides is 1. The van der Waals surface area contributed by atoms with Crippen LogP contribution in [0.3, 0.4) is 0 Å². The number of hydroxylamine groups is 2. The summed E-state index contributed by atoms with van der Waals surface area (Å²) in [7, 11) is 0. The van der Waals surface area contributed by atoms with Gasteiger partial charge in [0.25, 0.3) is 5.91 Å². The molecule has 0 aromatic carbocycles. The molecule has 1 aliphatic carbocycles. The van der Waals surface area contributed by atoms with Gasteiger partial charge in [-0.15, -0.1) is 0 Å². The number of hydrogen-bond acceptors (Lipinski definition) is 5. The van der Waals surface area contributed by atoms with Crippen LogP contribution >= 0.6 is 0 Å². The van der Waals surface area contributed by atoms with Gasteiger partial charge in [0.15, 0.2) is 6.04 Å². The van der Waals surface area contributed by atoms with Crippen molar-refractivity contribution in [3.63, 3.8) is 0 Å². The molecule has 2 rings (SSSR count). The molecular formula is C20H34N3O5+. The highest BCUT2D eigenvalue weighted by Crippen LogP contribution is 2.38. The summed E-state index contributed by atoms with van der Waals surface area (Å²) in [5.74, 6) is -1.78. The molecule has 8 nitrogen and oxygen atoms in total. The third-order valence-electron chi connectivity index (χ3n) is 6.22. The number of carbonyl (C=O) groups excluding carboxylic acids is 4. The van der Waals surface area contributed by atoms with Crippen molar-refractivity contribution in [2.75, 3.05) is 13.1 Å². The Morgan fingerprint density at radius 2 is 1.79 bits per heavy atom. The average Bonchev–Trinajstić information content (AvgIpc) is 3.28. The van der Waals surface area contributed by atoms with E-state index in [9.17, 15) is 24.4 Å². The van der Waals surface area contributed by atoms with Gasteiger partial charge in [0.1, 0.15) is 0 Å². The standard InChI is InChI=1S/C20H33N3O5/c1-20(2,3)19(27)23(10-6-9-16(23)17(21)25)18(26)15(12-22(28)13-24)11-14-7-4-5-8-14/h13-16,28H,4-12H2,1-3H3,(H-,21,25)/p+1/t15-,16+,23?/m1/s1. The highest BCUT2D eigenvalue weighted by Gasteiger charge is 2.60. The minimum atomic E-state index is -0.895. The van der Waals surface area contributed by atoms with Gasteiger partial charge in [0, 0.05) is 12.8 Å². The molecular weight excluding hydrogens is 362 g/mol. The smallest absolute Gasteiger partial charge is 0.327 e. The van der Waals surface area contributed by atoms with Crippen LogP contribution in [0.5, 0.6) is 0 Å². The molecule has 3 N–H and O–H groups in total. The van der Waals surface area contributed by atoms with E-state index in [1.54, 1.807) is 20.8 Å². The summed E-state index contributed by atoms with van der Waals surface area (Å²) in [6.45, 7) is 5.25. The topological polar surface area (TPSA) is 118 Å². The number of quaternary nitrogens is 1. The van der Waals surface area contributed by atoms with E-state index in [-0.39, 0.29) is 25.4 Å². The van der Waals surface area contributed by atoms with Gasteiger partial charge < -0.3 is 5.73 Å². The van der Waals surface area contributed by atoms with Gasteiger partial charge in [0.2, 0.25) is 6.41 Å². The van der Waals surface area contributed by atoms with Crippen LogP contribution in [0.4, 0.5) is 0 Å². The maximum Gasteiger partial charge on any atom is 0.327 e.